The Kier molecular flexibility index (Phi) is 3.73. The van der Waals surface area contributed by atoms with Crippen LogP contribution in [0.25, 0.3) is 0 Å². The summed E-state index contributed by atoms with van der Waals surface area (Å²) in [6.45, 7) is 2.30. The molecule has 0 spiro atoms. The first-order chi connectivity index (χ1) is 7.40. The van der Waals surface area contributed by atoms with E-state index in [2.05, 4.69) is 22.8 Å². The summed E-state index contributed by atoms with van der Waals surface area (Å²) in [5.41, 5.74) is 0. The zero-order valence-corrected chi connectivity index (χ0v) is 9.30. The van der Waals surface area contributed by atoms with Crippen LogP contribution in [0, 0.1) is 17.2 Å². The van der Waals surface area contributed by atoms with E-state index in [4.69, 9.17) is 10.00 Å². The lowest BCUT2D eigenvalue weighted by molar-refractivity contribution is 0.181. The van der Waals surface area contributed by atoms with Gasteiger partial charge in [0.1, 0.15) is 6.04 Å². The van der Waals surface area contributed by atoms with Crippen LogP contribution in [-0.2, 0) is 11.3 Å². The number of rotatable bonds is 4. The second kappa shape index (κ2) is 5.26. The summed E-state index contributed by atoms with van der Waals surface area (Å²) in [6, 6.07) is 6.36. The van der Waals surface area contributed by atoms with E-state index in [0.717, 1.165) is 26.2 Å². The molecule has 0 aromatic carbocycles. The summed E-state index contributed by atoms with van der Waals surface area (Å²) < 4.78 is 5.29. The number of thiophene rings is 1. The summed E-state index contributed by atoms with van der Waals surface area (Å²) in [7, 11) is 0. The molecule has 4 heteroatoms. The van der Waals surface area contributed by atoms with E-state index in [9.17, 15) is 0 Å². The van der Waals surface area contributed by atoms with E-state index in [0.29, 0.717) is 5.92 Å². The molecule has 1 aromatic heterocycles. The van der Waals surface area contributed by atoms with Gasteiger partial charge in [-0.1, -0.05) is 6.07 Å². The van der Waals surface area contributed by atoms with Gasteiger partial charge >= 0.3 is 0 Å². The molecule has 2 atom stereocenters. The largest absolute Gasteiger partial charge is 0.381 e. The number of hydrogen-bond donors (Lipinski definition) is 1. The van der Waals surface area contributed by atoms with Crippen LogP contribution in [0.1, 0.15) is 11.3 Å². The Morgan fingerprint density at radius 1 is 1.73 bits per heavy atom. The molecule has 2 unspecified atom stereocenters. The Morgan fingerprint density at radius 3 is 3.27 bits per heavy atom. The van der Waals surface area contributed by atoms with Crippen molar-refractivity contribution in [2.75, 3.05) is 13.2 Å². The molecule has 1 N–H and O–H groups in total. The van der Waals surface area contributed by atoms with Crippen LogP contribution in [0.3, 0.4) is 0 Å². The van der Waals surface area contributed by atoms with Crippen molar-refractivity contribution in [3.63, 3.8) is 0 Å². The van der Waals surface area contributed by atoms with E-state index < -0.39 is 0 Å². The summed E-state index contributed by atoms with van der Waals surface area (Å²) >= 11 is 1.71. The molecule has 0 saturated carbocycles. The van der Waals surface area contributed by atoms with Crippen molar-refractivity contribution in [2.24, 2.45) is 5.92 Å². The third-order valence-corrected chi connectivity index (χ3v) is 3.53. The van der Waals surface area contributed by atoms with E-state index in [-0.39, 0.29) is 6.04 Å². The topological polar surface area (TPSA) is 45.0 Å². The van der Waals surface area contributed by atoms with Crippen LogP contribution in [0.2, 0.25) is 0 Å². The monoisotopic (exact) mass is 222 g/mol. The molecule has 80 valence electrons. The van der Waals surface area contributed by atoms with Crippen molar-refractivity contribution in [1.82, 2.24) is 5.32 Å². The highest BCUT2D eigenvalue weighted by molar-refractivity contribution is 7.09. The summed E-state index contributed by atoms with van der Waals surface area (Å²) in [4.78, 5) is 1.27. The van der Waals surface area contributed by atoms with Crippen molar-refractivity contribution < 1.29 is 4.74 Å². The maximum Gasteiger partial charge on any atom is 0.101 e. The van der Waals surface area contributed by atoms with Gasteiger partial charge in [0.05, 0.1) is 12.7 Å². The SMILES string of the molecule is N#CC(NCc1cccs1)C1CCOC1. The van der Waals surface area contributed by atoms with Crippen LogP contribution in [0.5, 0.6) is 0 Å². The van der Waals surface area contributed by atoms with Crippen LogP contribution >= 0.6 is 11.3 Å². The van der Waals surface area contributed by atoms with Crippen LogP contribution < -0.4 is 5.32 Å². The number of ether oxygens (including phenoxy) is 1. The normalized spacial score (nSPS) is 22.5. The smallest absolute Gasteiger partial charge is 0.101 e. The van der Waals surface area contributed by atoms with Gasteiger partial charge in [-0.3, -0.25) is 5.32 Å². The van der Waals surface area contributed by atoms with Crippen molar-refractivity contribution >= 4 is 11.3 Å². The van der Waals surface area contributed by atoms with Crippen molar-refractivity contribution in [1.29, 1.82) is 5.26 Å². The fraction of sp³-hybridized carbons (Fsp3) is 0.545. The standard InChI is InChI=1S/C11H14N2OS/c12-6-11(9-3-4-14-8-9)13-7-10-2-1-5-15-10/h1-2,5,9,11,13H,3-4,7-8H2. The molecule has 1 fully saturated rings. The molecular weight excluding hydrogens is 208 g/mol. The molecule has 1 aliphatic rings. The molecule has 2 heterocycles. The predicted octanol–water partition coefficient (Wildman–Crippen LogP) is 1.77. The van der Waals surface area contributed by atoms with E-state index in [1.54, 1.807) is 11.3 Å². The Balaban J connectivity index is 1.83. The van der Waals surface area contributed by atoms with E-state index >= 15 is 0 Å². The van der Waals surface area contributed by atoms with Gasteiger partial charge in [-0.05, 0) is 17.9 Å². The zero-order chi connectivity index (χ0) is 10.5. The molecule has 2 rings (SSSR count). The fourth-order valence-electron chi connectivity index (χ4n) is 1.76. The highest BCUT2D eigenvalue weighted by Gasteiger charge is 2.25. The van der Waals surface area contributed by atoms with Crippen LogP contribution in [-0.4, -0.2) is 19.3 Å². The minimum atomic E-state index is -0.0744. The van der Waals surface area contributed by atoms with Gasteiger partial charge in [-0.15, -0.1) is 11.3 Å². The number of hydrogen-bond acceptors (Lipinski definition) is 4. The van der Waals surface area contributed by atoms with Crippen LogP contribution in [0.4, 0.5) is 0 Å². The average molecular weight is 222 g/mol. The van der Waals surface area contributed by atoms with Gasteiger partial charge < -0.3 is 4.74 Å². The van der Waals surface area contributed by atoms with E-state index in [1.807, 2.05) is 6.07 Å². The van der Waals surface area contributed by atoms with Crippen LogP contribution in [0.15, 0.2) is 17.5 Å². The Morgan fingerprint density at radius 2 is 2.67 bits per heavy atom. The van der Waals surface area contributed by atoms with Crippen molar-refractivity contribution in [3.8, 4) is 6.07 Å². The maximum absolute atomic E-state index is 9.05. The van der Waals surface area contributed by atoms with Gasteiger partial charge in [0, 0.05) is 23.9 Å². The van der Waals surface area contributed by atoms with Gasteiger partial charge in [0.2, 0.25) is 0 Å². The average Bonchev–Trinajstić information content (AvgIpc) is 2.90. The molecular formula is C11H14N2OS. The Bertz CT molecular complexity index is 325. The molecule has 1 saturated heterocycles. The highest BCUT2D eigenvalue weighted by atomic mass is 32.1. The van der Waals surface area contributed by atoms with Crippen molar-refractivity contribution in [2.45, 2.75) is 19.0 Å². The first kappa shape index (κ1) is 10.6. The van der Waals surface area contributed by atoms with Gasteiger partial charge in [-0.2, -0.15) is 5.26 Å². The molecule has 0 amide bonds. The number of nitrogens with zero attached hydrogens (tertiary/aromatic N) is 1. The fourth-order valence-corrected chi connectivity index (χ4v) is 2.41. The Hall–Kier alpha value is -0.890. The third-order valence-electron chi connectivity index (χ3n) is 2.65. The second-order valence-electron chi connectivity index (χ2n) is 3.69. The third kappa shape index (κ3) is 2.78. The number of nitriles is 1. The van der Waals surface area contributed by atoms with Gasteiger partial charge in [0.15, 0.2) is 0 Å². The first-order valence-corrected chi connectivity index (χ1v) is 6.01. The molecule has 15 heavy (non-hydrogen) atoms. The minimum absolute atomic E-state index is 0.0744. The molecule has 0 radical (unpaired) electrons. The minimum Gasteiger partial charge on any atom is -0.381 e. The molecule has 0 bridgehead atoms. The lowest BCUT2D eigenvalue weighted by atomic mass is 10.0. The highest BCUT2D eigenvalue weighted by Crippen LogP contribution is 2.17. The van der Waals surface area contributed by atoms with Gasteiger partial charge in [0.25, 0.3) is 0 Å². The molecule has 1 aromatic rings. The summed E-state index contributed by atoms with van der Waals surface area (Å²) in [5.74, 6) is 0.356. The lowest BCUT2D eigenvalue weighted by Crippen LogP contribution is -2.34. The zero-order valence-electron chi connectivity index (χ0n) is 8.48. The van der Waals surface area contributed by atoms with E-state index in [1.165, 1.54) is 4.88 Å². The summed E-state index contributed by atoms with van der Waals surface area (Å²) in [6.07, 6.45) is 0.996. The quantitative estimate of drug-likeness (QED) is 0.844. The molecule has 0 aliphatic carbocycles. The predicted molar refractivity (Wildman–Crippen MR) is 59.5 cm³/mol. The molecule has 1 aliphatic heterocycles. The maximum atomic E-state index is 9.05. The van der Waals surface area contributed by atoms with Crippen molar-refractivity contribution in [3.05, 3.63) is 22.4 Å². The Labute approximate surface area is 93.7 Å². The summed E-state index contributed by atoms with van der Waals surface area (Å²) in [5, 5.41) is 14.4. The molecule has 3 nitrogen and oxygen atoms in total. The number of nitrogens with one attached hydrogen (secondary N) is 1. The first-order valence-electron chi connectivity index (χ1n) is 5.13. The lowest BCUT2D eigenvalue weighted by Gasteiger charge is -2.15. The van der Waals surface area contributed by atoms with Gasteiger partial charge in [-0.25, -0.2) is 0 Å². The second-order valence-corrected chi connectivity index (χ2v) is 4.72.